The Morgan fingerprint density at radius 2 is 1.62 bits per heavy atom. The molecule has 0 atom stereocenters. The molecule has 0 unspecified atom stereocenters. The largest absolute Gasteiger partial charge is 0.497 e. The Hall–Kier alpha value is -3.28. The lowest BCUT2D eigenvalue weighted by atomic mass is 10.1. The van der Waals surface area contributed by atoms with Crippen LogP contribution in [0.4, 0.5) is 23.1 Å². The van der Waals surface area contributed by atoms with Crippen LogP contribution in [0.1, 0.15) is 11.1 Å². The molecule has 0 saturated carbocycles. The molecule has 6 nitrogen and oxygen atoms in total. The number of benzene rings is 2. The van der Waals surface area contributed by atoms with Gasteiger partial charge in [-0.2, -0.15) is 4.98 Å². The Bertz CT molecular complexity index is 965. The van der Waals surface area contributed by atoms with E-state index >= 15 is 0 Å². The summed E-state index contributed by atoms with van der Waals surface area (Å²) in [4.78, 5) is 13.9. The first-order valence-corrected chi connectivity index (χ1v) is 9.94. The first-order chi connectivity index (χ1) is 14.1. The predicted octanol–water partition coefficient (Wildman–Crippen LogP) is 4.17. The molecular weight excluding hydrogens is 362 g/mol. The quantitative estimate of drug-likeness (QED) is 0.707. The van der Waals surface area contributed by atoms with Crippen molar-refractivity contribution in [2.45, 2.75) is 13.8 Å². The molecule has 0 radical (unpaired) electrons. The van der Waals surface area contributed by atoms with Crippen molar-refractivity contribution < 1.29 is 4.74 Å². The van der Waals surface area contributed by atoms with Crippen molar-refractivity contribution in [2.24, 2.45) is 0 Å². The fourth-order valence-corrected chi connectivity index (χ4v) is 3.64. The molecule has 150 valence electrons. The molecule has 1 N–H and O–H groups in total. The zero-order valence-corrected chi connectivity index (χ0v) is 17.2. The van der Waals surface area contributed by atoms with Gasteiger partial charge in [-0.15, -0.1) is 0 Å². The summed E-state index contributed by atoms with van der Waals surface area (Å²) in [5.41, 5.74) is 4.99. The van der Waals surface area contributed by atoms with Crippen molar-refractivity contribution in [1.82, 2.24) is 9.97 Å². The lowest BCUT2D eigenvalue weighted by Gasteiger charge is -2.37. The summed E-state index contributed by atoms with van der Waals surface area (Å²) in [6.45, 7) is 8.22. The number of hydrogen-bond donors (Lipinski definition) is 1. The first-order valence-electron chi connectivity index (χ1n) is 9.94. The van der Waals surface area contributed by atoms with Gasteiger partial charge in [-0.25, -0.2) is 4.98 Å². The van der Waals surface area contributed by atoms with Gasteiger partial charge in [-0.05, 0) is 61.4 Å². The Morgan fingerprint density at radius 1 is 0.897 bits per heavy atom. The summed E-state index contributed by atoms with van der Waals surface area (Å²) in [6, 6.07) is 16.3. The highest BCUT2D eigenvalue weighted by Gasteiger charge is 2.20. The fraction of sp³-hybridized carbons (Fsp3) is 0.304. The predicted molar refractivity (Wildman–Crippen MR) is 119 cm³/mol. The van der Waals surface area contributed by atoms with Gasteiger partial charge in [0.1, 0.15) is 11.6 Å². The summed E-state index contributed by atoms with van der Waals surface area (Å²) in [7, 11) is 1.66. The van der Waals surface area contributed by atoms with Gasteiger partial charge in [-0.1, -0.05) is 12.1 Å². The van der Waals surface area contributed by atoms with Crippen molar-refractivity contribution in [3.8, 4) is 5.75 Å². The van der Waals surface area contributed by atoms with Gasteiger partial charge in [0.25, 0.3) is 0 Å². The molecule has 0 aliphatic carbocycles. The summed E-state index contributed by atoms with van der Waals surface area (Å²) in [5, 5.41) is 3.27. The standard InChI is InChI=1S/C23H27N5O/c1-17-5-4-6-21(18(17)2)27-13-15-28(16-14-27)22-11-12-24-23(26-22)25-19-7-9-20(29-3)10-8-19/h4-12H,13-16H2,1-3H3,(H,24,25,26). The molecule has 1 aromatic heterocycles. The van der Waals surface area contributed by atoms with E-state index in [1.54, 1.807) is 7.11 Å². The van der Waals surface area contributed by atoms with E-state index < -0.39 is 0 Å². The van der Waals surface area contributed by atoms with Gasteiger partial charge < -0.3 is 19.9 Å². The highest BCUT2D eigenvalue weighted by atomic mass is 16.5. The molecule has 2 heterocycles. The number of piperazine rings is 1. The Kier molecular flexibility index (Phi) is 5.51. The van der Waals surface area contributed by atoms with Gasteiger partial charge in [0.15, 0.2) is 0 Å². The average Bonchev–Trinajstić information content (AvgIpc) is 2.77. The van der Waals surface area contributed by atoms with Crippen molar-refractivity contribution in [3.63, 3.8) is 0 Å². The maximum Gasteiger partial charge on any atom is 0.229 e. The number of nitrogens with one attached hydrogen (secondary N) is 1. The van der Waals surface area contributed by atoms with Crippen molar-refractivity contribution in [1.29, 1.82) is 0 Å². The highest BCUT2D eigenvalue weighted by Crippen LogP contribution is 2.25. The molecule has 4 rings (SSSR count). The van der Waals surface area contributed by atoms with E-state index in [9.17, 15) is 0 Å². The van der Waals surface area contributed by atoms with Gasteiger partial charge in [0.2, 0.25) is 5.95 Å². The van der Waals surface area contributed by atoms with Crippen LogP contribution < -0.4 is 19.9 Å². The van der Waals surface area contributed by atoms with Crippen molar-refractivity contribution >= 4 is 23.1 Å². The summed E-state index contributed by atoms with van der Waals surface area (Å²) in [5.74, 6) is 2.38. The minimum atomic E-state index is 0.602. The summed E-state index contributed by atoms with van der Waals surface area (Å²) >= 11 is 0. The number of nitrogens with zero attached hydrogens (tertiary/aromatic N) is 4. The molecule has 1 aliphatic rings. The molecule has 1 saturated heterocycles. The van der Waals surface area contributed by atoms with E-state index in [1.807, 2.05) is 36.5 Å². The molecule has 2 aromatic carbocycles. The number of ether oxygens (including phenoxy) is 1. The molecular formula is C23H27N5O. The lowest BCUT2D eigenvalue weighted by Crippen LogP contribution is -2.47. The third-order valence-corrected chi connectivity index (χ3v) is 5.51. The van der Waals surface area contributed by atoms with E-state index in [1.165, 1.54) is 16.8 Å². The van der Waals surface area contributed by atoms with Gasteiger partial charge >= 0.3 is 0 Å². The minimum absolute atomic E-state index is 0.602. The van der Waals surface area contributed by atoms with Gasteiger partial charge in [0.05, 0.1) is 7.11 Å². The fourth-order valence-electron chi connectivity index (χ4n) is 3.64. The van der Waals surface area contributed by atoms with Crippen LogP contribution in [-0.2, 0) is 0 Å². The third-order valence-electron chi connectivity index (χ3n) is 5.51. The molecule has 0 amide bonds. The topological polar surface area (TPSA) is 53.5 Å². The lowest BCUT2D eigenvalue weighted by molar-refractivity contribution is 0.415. The van der Waals surface area contributed by atoms with Crippen LogP contribution in [0.15, 0.2) is 54.7 Å². The first kappa shape index (κ1) is 19.1. The van der Waals surface area contributed by atoms with Crippen LogP contribution in [0, 0.1) is 13.8 Å². The second-order valence-corrected chi connectivity index (χ2v) is 7.29. The molecule has 1 fully saturated rings. The number of aromatic nitrogens is 2. The molecule has 3 aromatic rings. The Balaban J connectivity index is 1.42. The third kappa shape index (κ3) is 4.26. The number of anilines is 4. The van der Waals surface area contributed by atoms with E-state index in [0.717, 1.165) is 43.4 Å². The van der Waals surface area contributed by atoms with Crippen LogP contribution >= 0.6 is 0 Å². The number of aryl methyl sites for hydroxylation is 1. The Morgan fingerprint density at radius 3 is 2.34 bits per heavy atom. The van der Waals surface area contributed by atoms with Crippen LogP contribution in [0.2, 0.25) is 0 Å². The summed E-state index contributed by atoms with van der Waals surface area (Å²) < 4.78 is 5.20. The molecule has 6 heteroatoms. The average molecular weight is 390 g/mol. The molecule has 0 spiro atoms. The Labute approximate surface area is 172 Å². The second kappa shape index (κ2) is 8.39. The molecule has 1 aliphatic heterocycles. The second-order valence-electron chi connectivity index (χ2n) is 7.29. The van der Waals surface area contributed by atoms with Gasteiger partial charge in [0, 0.05) is 43.8 Å². The van der Waals surface area contributed by atoms with E-state index in [-0.39, 0.29) is 0 Å². The monoisotopic (exact) mass is 389 g/mol. The highest BCUT2D eigenvalue weighted by molar-refractivity contribution is 5.58. The molecule has 0 bridgehead atoms. The number of rotatable bonds is 5. The van der Waals surface area contributed by atoms with Crippen LogP contribution in [0.3, 0.4) is 0 Å². The zero-order chi connectivity index (χ0) is 20.2. The van der Waals surface area contributed by atoms with Crippen LogP contribution in [-0.4, -0.2) is 43.3 Å². The SMILES string of the molecule is COc1ccc(Nc2nccc(N3CCN(c4cccc(C)c4C)CC3)n2)cc1. The minimum Gasteiger partial charge on any atom is -0.497 e. The smallest absolute Gasteiger partial charge is 0.229 e. The van der Waals surface area contributed by atoms with E-state index in [2.05, 4.69) is 52.1 Å². The molecule has 29 heavy (non-hydrogen) atoms. The van der Waals surface area contributed by atoms with Crippen molar-refractivity contribution in [3.05, 3.63) is 65.9 Å². The van der Waals surface area contributed by atoms with Crippen LogP contribution in [0.25, 0.3) is 0 Å². The van der Waals surface area contributed by atoms with Crippen LogP contribution in [0.5, 0.6) is 5.75 Å². The maximum absolute atomic E-state index is 5.20. The number of hydrogen-bond acceptors (Lipinski definition) is 6. The summed E-state index contributed by atoms with van der Waals surface area (Å²) in [6.07, 6.45) is 1.81. The number of methoxy groups -OCH3 is 1. The van der Waals surface area contributed by atoms with Crippen molar-refractivity contribution in [2.75, 3.05) is 48.4 Å². The van der Waals surface area contributed by atoms with E-state index in [0.29, 0.717) is 5.95 Å². The normalized spacial score (nSPS) is 14.0. The maximum atomic E-state index is 5.20. The van der Waals surface area contributed by atoms with E-state index in [4.69, 9.17) is 9.72 Å². The zero-order valence-electron chi connectivity index (χ0n) is 17.2. The van der Waals surface area contributed by atoms with Gasteiger partial charge in [-0.3, -0.25) is 0 Å².